The number of aryl methyl sites for hydroxylation is 1. The van der Waals surface area contributed by atoms with Crippen LogP contribution in [0.3, 0.4) is 0 Å². The Balaban J connectivity index is 1.23. The highest BCUT2D eigenvalue weighted by Crippen LogP contribution is 2.22. The van der Waals surface area contributed by atoms with Crippen molar-refractivity contribution in [3.63, 3.8) is 0 Å². The first-order chi connectivity index (χ1) is 12.8. The standard InChI is InChI=1S/C19H24N6O/c1-15-17-18(21-14-22-19(17)26-23-15)20-8-5-9-24-10-12-25(13-11-24)16-6-3-2-4-7-16/h2-4,6-7,14H,5,8-13H2,1H3,(H,20,21,22). The van der Waals surface area contributed by atoms with Crippen LogP contribution in [0.25, 0.3) is 11.1 Å². The van der Waals surface area contributed by atoms with E-state index >= 15 is 0 Å². The van der Waals surface area contributed by atoms with Crippen LogP contribution >= 0.6 is 0 Å². The van der Waals surface area contributed by atoms with E-state index in [1.807, 2.05) is 6.92 Å². The van der Waals surface area contributed by atoms with Gasteiger partial charge < -0.3 is 14.7 Å². The van der Waals surface area contributed by atoms with E-state index in [4.69, 9.17) is 4.52 Å². The highest BCUT2D eigenvalue weighted by Gasteiger charge is 2.16. The first kappa shape index (κ1) is 16.8. The summed E-state index contributed by atoms with van der Waals surface area (Å²) in [5.41, 5.74) is 2.68. The lowest BCUT2D eigenvalue weighted by Gasteiger charge is -2.36. The summed E-state index contributed by atoms with van der Waals surface area (Å²) in [4.78, 5) is 13.4. The molecule has 0 amide bonds. The molecule has 0 atom stereocenters. The van der Waals surface area contributed by atoms with Crippen molar-refractivity contribution in [1.82, 2.24) is 20.0 Å². The van der Waals surface area contributed by atoms with Crippen LogP contribution in [0.4, 0.5) is 11.5 Å². The molecular weight excluding hydrogens is 328 g/mol. The SMILES string of the molecule is Cc1noc2ncnc(NCCCN3CCN(c4ccccc4)CC3)c12. The van der Waals surface area contributed by atoms with Crippen molar-refractivity contribution in [2.24, 2.45) is 0 Å². The van der Waals surface area contributed by atoms with Crippen LogP contribution in [0, 0.1) is 6.92 Å². The number of piperazine rings is 1. The molecule has 4 rings (SSSR count). The Kier molecular flexibility index (Phi) is 4.97. The lowest BCUT2D eigenvalue weighted by molar-refractivity contribution is 0.257. The summed E-state index contributed by atoms with van der Waals surface area (Å²) in [6.45, 7) is 8.26. The van der Waals surface area contributed by atoms with Gasteiger partial charge in [0.25, 0.3) is 5.71 Å². The van der Waals surface area contributed by atoms with Gasteiger partial charge in [0.15, 0.2) is 0 Å². The fraction of sp³-hybridized carbons (Fsp3) is 0.421. The van der Waals surface area contributed by atoms with Gasteiger partial charge in [-0.1, -0.05) is 23.4 Å². The quantitative estimate of drug-likeness (QED) is 0.684. The maximum Gasteiger partial charge on any atom is 0.263 e. The molecule has 0 saturated carbocycles. The number of nitrogens with zero attached hydrogens (tertiary/aromatic N) is 5. The minimum Gasteiger partial charge on any atom is -0.369 e. The zero-order chi connectivity index (χ0) is 17.8. The molecule has 1 aliphatic rings. The van der Waals surface area contributed by atoms with E-state index in [0.717, 1.165) is 62.6 Å². The van der Waals surface area contributed by atoms with E-state index in [1.165, 1.54) is 12.0 Å². The number of nitrogens with one attached hydrogen (secondary N) is 1. The molecule has 7 nitrogen and oxygen atoms in total. The molecule has 0 radical (unpaired) electrons. The molecular formula is C19H24N6O. The lowest BCUT2D eigenvalue weighted by Crippen LogP contribution is -2.46. The molecule has 0 bridgehead atoms. The molecule has 0 unspecified atom stereocenters. The van der Waals surface area contributed by atoms with Crippen molar-refractivity contribution in [3.8, 4) is 0 Å². The van der Waals surface area contributed by atoms with Gasteiger partial charge in [-0.25, -0.2) is 4.98 Å². The molecule has 1 fully saturated rings. The van der Waals surface area contributed by atoms with Crippen molar-refractivity contribution in [3.05, 3.63) is 42.4 Å². The molecule has 1 aromatic carbocycles. The zero-order valence-electron chi connectivity index (χ0n) is 15.1. The average molecular weight is 352 g/mol. The normalized spacial score (nSPS) is 15.5. The number of fused-ring (bicyclic) bond motifs is 1. The second-order valence-corrected chi connectivity index (χ2v) is 6.61. The van der Waals surface area contributed by atoms with Crippen molar-refractivity contribution in [2.75, 3.05) is 49.5 Å². The number of aromatic nitrogens is 3. The Hall–Kier alpha value is -2.67. The summed E-state index contributed by atoms with van der Waals surface area (Å²) in [6, 6.07) is 10.7. The maximum absolute atomic E-state index is 5.18. The van der Waals surface area contributed by atoms with Crippen molar-refractivity contribution in [2.45, 2.75) is 13.3 Å². The number of para-hydroxylation sites is 1. The van der Waals surface area contributed by atoms with Crippen LogP contribution in [-0.4, -0.2) is 59.3 Å². The van der Waals surface area contributed by atoms with Crippen LogP contribution in [0.15, 0.2) is 41.2 Å². The van der Waals surface area contributed by atoms with Gasteiger partial charge in [0, 0.05) is 38.4 Å². The second kappa shape index (κ2) is 7.70. The fourth-order valence-electron chi connectivity index (χ4n) is 3.43. The fourth-order valence-corrected chi connectivity index (χ4v) is 3.43. The summed E-state index contributed by atoms with van der Waals surface area (Å²) in [5.74, 6) is 0.808. The summed E-state index contributed by atoms with van der Waals surface area (Å²) in [7, 11) is 0. The Morgan fingerprint density at radius 1 is 1.08 bits per heavy atom. The highest BCUT2D eigenvalue weighted by atomic mass is 16.5. The van der Waals surface area contributed by atoms with E-state index in [2.05, 4.69) is 60.6 Å². The van der Waals surface area contributed by atoms with E-state index in [1.54, 1.807) is 0 Å². The molecule has 1 saturated heterocycles. The van der Waals surface area contributed by atoms with Crippen LogP contribution in [-0.2, 0) is 0 Å². The van der Waals surface area contributed by atoms with E-state index in [9.17, 15) is 0 Å². The highest BCUT2D eigenvalue weighted by molar-refractivity contribution is 5.87. The average Bonchev–Trinajstić information content (AvgIpc) is 3.08. The van der Waals surface area contributed by atoms with Crippen LogP contribution in [0.1, 0.15) is 12.1 Å². The molecule has 3 aromatic rings. The monoisotopic (exact) mass is 352 g/mol. The number of rotatable bonds is 6. The largest absolute Gasteiger partial charge is 0.369 e. The summed E-state index contributed by atoms with van der Waals surface area (Å²) < 4.78 is 5.18. The molecule has 2 aromatic heterocycles. The van der Waals surface area contributed by atoms with Crippen molar-refractivity contribution >= 4 is 22.6 Å². The van der Waals surface area contributed by atoms with Crippen LogP contribution in [0.5, 0.6) is 0 Å². The number of hydrogen-bond acceptors (Lipinski definition) is 7. The molecule has 7 heteroatoms. The van der Waals surface area contributed by atoms with E-state index in [0.29, 0.717) is 5.71 Å². The predicted molar refractivity (Wildman–Crippen MR) is 103 cm³/mol. The molecule has 1 aliphatic heterocycles. The first-order valence-electron chi connectivity index (χ1n) is 9.14. The number of hydrogen-bond donors (Lipinski definition) is 1. The van der Waals surface area contributed by atoms with Gasteiger partial charge in [-0.3, -0.25) is 4.90 Å². The van der Waals surface area contributed by atoms with Crippen molar-refractivity contribution < 1.29 is 4.52 Å². The van der Waals surface area contributed by atoms with Crippen LogP contribution < -0.4 is 10.2 Å². The van der Waals surface area contributed by atoms with Gasteiger partial charge in [0.2, 0.25) is 0 Å². The zero-order valence-corrected chi connectivity index (χ0v) is 15.1. The lowest BCUT2D eigenvalue weighted by atomic mass is 10.2. The molecule has 136 valence electrons. The molecule has 3 heterocycles. The first-order valence-corrected chi connectivity index (χ1v) is 9.14. The smallest absolute Gasteiger partial charge is 0.263 e. The van der Waals surface area contributed by atoms with E-state index < -0.39 is 0 Å². The van der Waals surface area contributed by atoms with Gasteiger partial charge in [-0.05, 0) is 32.0 Å². The van der Waals surface area contributed by atoms with E-state index in [-0.39, 0.29) is 0 Å². The summed E-state index contributed by atoms with van der Waals surface area (Å²) in [6.07, 6.45) is 2.58. The molecule has 0 aliphatic carbocycles. The summed E-state index contributed by atoms with van der Waals surface area (Å²) >= 11 is 0. The third kappa shape index (κ3) is 3.62. The minimum absolute atomic E-state index is 0.539. The summed E-state index contributed by atoms with van der Waals surface area (Å²) in [5, 5.41) is 8.24. The van der Waals surface area contributed by atoms with Crippen LogP contribution in [0.2, 0.25) is 0 Å². The topological polar surface area (TPSA) is 70.3 Å². The second-order valence-electron chi connectivity index (χ2n) is 6.61. The Bertz CT molecular complexity index is 842. The number of benzene rings is 1. The predicted octanol–water partition coefficient (Wildman–Crippen LogP) is 2.55. The van der Waals surface area contributed by atoms with Gasteiger partial charge in [0.1, 0.15) is 17.5 Å². The molecule has 1 N–H and O–H groups in total. The molecule has 0 spiro atoms. The molecule has 26 heavy (non-hydrogen) atoms. The third-order valence-electron chi connectivity index (χ3n) is 4.88. The Morgan fingerprint density at radius 2 is 1.88 bits per heavy atom. The maximum atomic E-state index is 5.18. The minimum atomic E-state index is 0.539. The van der Waals surface area contributed by atoms with Gasteiger partial charge in [0.05, 0.1) is 5.69 Å². The van der Waals surface area contributed by atoms with Gasteiger partial charge >= 0.3 is 0 Å². The van der Waals surface area contributed by atoms with Gasteiger partial charge in [-0.15, -0.1) is 0 Å². The van der Waals surface area contributed by atoms with Crippen molar-refractivity contribution in [1.29, 1.82) is 0 Å². The third-order valence-corrected chi connectivity index (χ3v) is 4.88. The van der Waals surface area contributed by atoms with Gasteiger partial charge in [-0.2, -0.15) is 4.98 Å². The Labute approximate surface area is 153 Å². The number of anilines is 2. The Morgan fingerprint density at radius 3 is 2.69 bits per heavy atom.